The number of carbonyl (C=O) groups excluding carboxylic acids is 2. The van der Waals surface area contributed by atoms with Gasteiger partial charge < -0.3 is 10.2 Å². The van der Waals surface area contributed by atoms with Gasteiger partial charge in [0.1, 0.15) is 0 Å². The van der Waals surface area contributed by atoms with Gasteiger partial charge in [-0.2, -0.15) is 0 Å². The second kappa shape index (κ2) is 8.27. The fourth-order valence-electron chi connectivity index (χ4n) is 3.15. The number of thiophene rings is 1. The first kappa shape index (κ1) is 19.0. The highest BCUT2D eigenvalue weighted by molar-refractivity contribution is 8.01. The number of thioether (sulfide) groups is 1. The maximum Gasteiger partial charge on any atom is 0.235 e. The number of nitrogens with one attached hydrogen (secondary N) is 1. The minimum Gasteiger partial charge on any atom is -0.335 e. The van der Waals surface area contributed by atoms with Crippen LogP contribution in [0, 0.1) is 6.92 Å². The number of anilines is 1. The van der Waals surface area contributed by atoms with Crippen LogP contribution in [0.25, 0.3) is 0 Å². The number of amides is 2. The van der Waals surface area contributed by atoms with Crippen LogP contribution in [0.1, 0.15) is 35.9 Å². The second-order valence-corrected chi connectivity index (χ2v) is 8.95. The number of fused-ring (bicyclic) bond motifs is 1. The zero-order valence-electron chi connectivity index (χ0n) is 15.3. The summed E-state index contributed by atoms with van der Waals surface area (Å²) in [6.45, 7) is 6.75. The van der Waals surface area contributed by atoms with Gasteiger partial charge in [-0.3, -0.25) is 9.59 Å². The number of nitrogens with zero attached hydrogens (tertiary/aromatic N) is 1. The molecular formula is C20H24N2O2S2. The fraction of sp³-hybridized carbons (Fsp3) is 0.400. The number of carbonyl (C=O) groups is 2. The molecule has 0 aliphatic carbocycles. The van der Waals surface area contributed by atoms with Crippen LogP contribution in [-0.2, 0) is 16.0 Å². The minimum atomic E-state index is -0.235. The van der Waals surface area contributed by atoms with Crippen LogP contribution in [0.4, 0.5) is 5.69 Å². The topological polar surface area (TPSA) is 49.4 Å². The lowest BCUT2D eigenvalue weighted by Gasteiger charge is -2.35. The van der Waals surface area contributed by atoms with Gasteiger partial charge in [0.2, 0.25) is 11.8 Å². The van der Waals surface area contributed by atoms with E-state index in [0.29, 0.717) is 0 Å². The molecule has 1 aromatic heterocycles. The van der Waals surface area contributed by atoms with Crippen LogP contribution < -0.4 is 5.32 Å². The van der Waals surface area contributed by atoms with Gasteiger partial charge in [0, 0.05) is 17.1 Å². The van der Waals surface area contributed by atoms with E-state index in [2.05, 4.69) is 23.7 Å². The SMILES string of the molecule is Cc1ccc(NC(=O)CSC(C)C(=O)N2CCc3sccc3C2C)cc1. The molecule has 0 fully saturated rings. The van der Waals surface area contributed by atoms with Crippen molar-refractivity contribution >= 4 is 40.6 Å². The lowest BCUT2D eigenvalue weighted by Crippen LogP contribution is -2.42. The third-order valence-corrected chi connectivity index (χ3v) is 6.83. The third kappa shape index (κ3) is 4.30. The van der Waals surface area contributed by atoms with E-state index in [-0.39, 0.29) is 28.9 Å². The fourth-order valence-corrected chi connectivity index (χ4v) is 4.86. The first-order valence-electron chi connectivity index (χ1n) is 8.80. The lowest BCUT2D eigenvalue weighted by atomic mass is 10.0. The van der Waals surface area contributed by atoms with E-state index in [0.717, 1.165) is 24.2 Å². The molecule has 0 spiro atoms. The number of rotatable bonds is 5. The summed E-state index contributed by atoms with van der Waals surface area (Å²) in [4.78, 5) is 28.3. The van der Waals surface area contributed by atoms with Gasteiger partial charge in [-0.1, -0.05) is 17.7 Å². The van der Waals surface area contributed by atoms with Crippen LogP contribution in [0.5, 0.6) is 0 Å². The van der Waals surface area contributed by atoms with E-state index in [1.807, 2.05) is 43.0 Å². The summed E-state index contributed by atoms with van der Waals surface area (Å²) in [5.41, 5.74) is 3.21. The normalized spacial score (nSPS) is 17.5. The summed E-state index contributed by atoms with van der Waals surface area (Å²) in [5.74, 6) is 0.306. The molecule has 2 aromatic rings. The van der Waals surface area contributed by atoms with Crippen molar-refractivity contribution in [1.82, 2.24) is 4.90 Å². The van der Waals surface area contributed by atoms with Crippen molar-refractivity contribution in [2.24, 2.45) is 0 Å². The van der Waals surface area contributed by atoms with Gasteiger partial charge in [0.15, 0.2) is 0 Å². The first-order chi connectivity index (χ1) is 12.5. The molecule has 4 nitrogen and oxygen atoms in total. The Balaban J connectivity index is 1.51. The van der Waals surface area contributed by atoms with E-state index in [9.17, 15) is 9.59 Å². The van der Waals surface area contributed by atoms with Crippen molar-refractivity contribution in [3.05, 3.63) is 51.7 Å². The average molecular weight is 389 g/mol. The highest BCUT2D eigenvalue weighted by atomic mass is 32.2. The minimum absolute atomic E-state index is 0.0784. The molecule has 138 valence electrons. The summed E-state index contributed by atoms with van der Waals surface area (Å²) >= 11 is 3.16. The van der Waals surface area contributed by atoms with Crippen LogP contribution in [-0.4, -0.2) is 34.3 Å². The van der Waals surface area contributed by atoms with Gasteiger partial charge in [0.25, 0.3) is 0 Å². The molecule has 1 aromatic carbocycles. The molecular weight excluding hydrogens is 364 g/mol. The van der Waals surface area contributed by atoms with Crippen molar-refractivity contribution in [1.29, 1.82) is 0 Å². The Bertz CT molecular complexity index is 785. The molecule has 6 heteroatoms. The van der Waals surface area contributed by atoms with Crippen LogP contribution in [0.2, 0.25) is 0 Å². The van der Waals surface area contributed by atoms with E-state index in [1.165, 1.54) is 22.2 Å². The zero-order valence-corrected chi connectivity index (χ0v) is 17.0. The summed E-state index contributed by atoms with van der Waals surface area (Å²) < 4.78 is 0. The number of hydrogen-bond donors (Lipinski definition) is 1. The van der Waals surface area contributed by atoms with Crippen molar-refractivity contribution in [2.75, 3.05) is 17.6 Å². The maximum absolute atomic E-state index is 12.8. The standard InChI is InChI=1S/C20H24N2O2S2/c1-13-4-6-16(7-5-13)21-19(23)12-26-15(3)20(24)22-10-8-18-17(14(22)2)9-11-25-18/h4-7,9,11,14-15H,8,10,12H2,1-3H3,(H,21,23). The number of aryl methyl sites for hydroxylation is 1. The van der Waals surface area contributed by atoms with E-state index < -0.39 is 0 Å². The largest absolute Gasteiger partial charge is 0.335 e. The van der Waals surface area contributed by atoms with Gasteiger partial charge in [-0.05, 0) is 56.3 Å². The Hall–Kier alpha value is -1.79. The van der Waals surface area contributed by atoms with E-state index in [1.54, 1.807) is 11.3 Å². The Kier molecular flexibility index (Phi) is 6.04. The Morgan fingerprint density at radius 1 is 1.31 bits per heavy atom. The van der Waals surface area contributed by atoms with Crippen LogP contribution in [0.15, 0.2) is 35.7 Å². The average Bonchev–Trinajstić information content (AvgIpc) is 3.11. The molecule has 26 heavy (non-hydrogen) atoms. The van der Waals surface area contributed by atoms with Gasteiger partial charge in [0.05, 0.1) is 17.0 Å². The molecule has 0 saturated carbocycles. The van der Waals surface area contributed by atoms with Crippen molar-refractivity contribution in [3.63, 3.8) is 0 Å². The smallest absolute Gasteiger partial charge is 0.235 e. The Morgan fingerprint density at radius 2 is 2.04 bits per heavy atom. The summed E-state index contributed by atoms with van der Waals surface area (Å²) in [7, 11) is 0. The molecule has 0 radical (unpaired) electrons. The molecule has 1 aliphatic heterocycles. The van der Waals surface area contributed by atoms with Gasteiger partial charge >= 0.3 is 0 Å². The summed E-state index contributed by atoms with van der Waals surface area (Å²) in [6, 6.07) is 9.94. The highest BCUT2D eigenvalue weighted by Crippen LogP contribution is 2.34. The predicted octanol–water partition coefficient (Wildman–Crippen LogP) is 4.26. The van der Waals surface area contributed by atoms with Crippen LogP contribution in [0.3, 0.4) is 0 Å². The van der Waals surface area contributed by atoms with Crippen molar-refractivity contribution in [2.45, 2.75) is 38.5 Å². The molecule has 2 heterocycles. The molecule has 0 bridgehead atoms. The summed E-state index contributed by atoms with van der Waals surface area (Å²) in [5, 5.41) is 4.74. The second-order valence-electron chi connectivity index (χ2n) is 6.62. The van der Waals surface area contributed by atoms with Gasteiger partial charge in [-0.25, -0.2) is 0 Å². The maximum atomic E-state index is 12.8. The zero-order chi connectivity index (χ0) is 18.7. The lowest BCUT2D eigenvalue weighted by molar-refractivity contribution is -0.132. The monoisotopic (exact) mass is 388 g/mol. The van der Waals surface area contributed by atoms with Crippen molar-refractivity contribution in [3.8, 4) is 0 Å². The Labute approximate surface area is 163 Å². The molecule has 2 unspecified atom stereocenters. The molecule has 1 N–H and O–H groups in total. The number of benzene rings is 1. The Morgan fingerprint density at radius 3 is 2.77 bits per heavy atom. The molecule has 2 atom stereocenters. The van der Waals surface area contributed by atoms with Gasteiger partial charge in [-0.15, -0.1) is 23.1 Å². The molecule has 2 amide bonds. The van der Waals surface area contributed by atoms with E-state index >= 15 is 0 Å². The van der Waals surface area contributed by atoms with Crippen LogP contribution >= 0.6 is 23.1 Å². The molecule has 3 rings (SSSR count). The third-order valence-electron chi connectivity index (χ3n) is 4.71. The van der Waals surface area contributed by atoms with Crippen molar-refractivity contribution < 1.29 is 9.59 Å². The summed E-state index contributed by atoms with van der Waals surface area (Å²) in [6.07, 6.45) is 0.925. The molecule has 0 saturated heterocycles. The first-order valence-corrected chi connectivity index (χ1v) is 10.7. The number of hydrogen-bond acceptors (Lipinski definition) is 4. The van der Waals surface area contributed by atoms with E-state index in [4.69, 9.17) is 0 Å². The highest BCUT2D eigenvalue weighted by Gasteiger charge is 2.31. The quantitative estimate of drug-likeness (QED) is 0.832. The predicted molar refractivity (Wildman–Crippen MR) is 110 cm³/mol. The molecule has 1 aliphatic rings.